The largest absolute Gasteiger partial charge is 0.352 e. The third-order valence-corrected chi connectivity index (χ3v) is 2.71. The molecule has 0 saturated carbocycles. The van der Waals surface area contributed by atoms with Crippen molar-refractivity contribution < 1.29 is 4.79 Å². The van der Waals surface area contributed by atoms with Gasteiger partial charge in [-0.2, -0.15) is 0 Å². The number of nitrogens with two attached hydrogens (primary N) is 1. The lowest BCUT2D eigenvalue weighted by Crippen LogP contribution is -2.45. The first-order chi connectivity index (χ1) is 8.13. The van der Waals surface area contributed by atoms with Crippen LogP contribution in [0.5, 0.6) is 0 Å². The fourth-order valence-corrected chi connectivity index (χ4v) is 1.81. The van der Waals surface area contributed by atoms with E-state index in [0.29, 0.717) is 0 Å². The molecule has 1 amide bonds. The number of benzene rings is 1. The number of carbonyl (C=O) groups is 1. The molecule has 0 fully saturated rings. The summed E-state index contributed by atoms with van der Waals surface area (Å²) in [7, 11) is 0. The number of hydrogen-bond acceptors (Lipinski definition) is 2. The Morgan fingerprint density at radius 2 is 2.00 bits per heavy atom. The van der Waals surface area contributed by atoms with Crippen LogP contribution >= 0.6 is 0 Å². The predicted molar refractivity (Wildman–Crippen MR) is 70.6 cm³/mol. The van der Waals surface area contributed by atoms with Crippen molar-refractivity contribution in [2.45, 2.75) is 45.2 Å². The van der Waals surface area contributed by atoms with Crippen LogP contribution in [0.4, 0.5) is 0 Å². The van der Waals surface area contributed by atoms with E-state index in [1.165, 1.54) is 5.56 Å². The molecular formula is C14H22N2O. The van der Waals surface area contributed by atoms with Gasteiger partial charge in [0.15, 0.2) is 0 Å². The molecule has 0 bridgehead atoms. The Bertz CT molecular complexity index is 337. The highest BCUT2D eigenvalue weighted by molar-refractivity contribution is 5.81. The van der Waals surface area contributed by atoms with Crippen LogP contribution in [0.3, 0.4) is 0 Å². The molecule has 3 N–H and O–H groups in total. The fraction of sp³-hybridized carbons (Fsp3) is 0.500. The van der Waals surface area contributed by atoms with E-state index in [2.05, 4.69) is 17.4 Å². The highest BCUT2D eigenvalue weighted by Crippen LogP contribution is 2.03. The summed E-state index contributed by atoms with van der Waals surface area (Å²) in [4.78, 5) is 11.7. The average Bonchev–Trinajstić information content (AvgIpc) is 2.30. The van der Waals surface area contributed by atoms with Gasteiger partial charge in [-0.3, -0.25) is 4.79 Å². The van der Waals surface area contributed by atoms with Gasteiger partial charge < -0.3 is 11.1 Å². The van der Waals surface area contributed by atoms with Crippen molar-refractivity contribution in [3.05, 3.63) is 35.9 Å². The maximum absolute atomic E-state index is 11.7. The second-order valence-corrected chi connectivity index (χ2v) is 4.49. The van der Waals surface area contributed by atoms with E-state index in [1.807, 2.05) is 32.0 Å². The first-order valence-electron chi connectivity index (χ1n) is 6.23. The zero-order chi connectivity index (χ0) is 12.7. The molecule has 2 atom stereocenters. The van der Waals surface area contributed by atoms with E-state index in [0.717, 1.165) is 19.3 Å². The first kappa shape index (κ1) is 13.7. The van der Waals surface area contributed by atoms with E-state index >= 15 is 0 Å². The third-order valence-electron chi connectivity index (χ3n) is 2.71. The molecule has 3 heteroatoms. The Morgan fingerprint density at radius 1 is 1.35 bits per heavy atom. The predicted octanol–water partition coefficient (Wildman–Crippen LogP) is 1.86. The summed E-state index contributed by atoms with van der Waals surface area (Å²) < 4.78 is 0. The molecule has 0 saturated heterocycles. The lowest BCUT2D eigenvalue weighted by Gasteiger charge is -2.17. The van der Waals surface area contributed by atoms with E-state index in [9.17, 15) is 4.79 Å². The molecule has 0 aromatic heterocycles. The summed E-state index contributed by atoms with van der Waals surface area (Å²) in [5, 5.41) is 2.95. The van der Waals surface area contributed by atoms with Gasteiger partial charge in [-0.25, -0.2) is 0 Å². The average molecular weight is 234 g/mol. The number of carbonyl (C=O) groups excluding carboxylic acids is 1. The molecule has 0 heterocycles. The van der Waals surface area contributed by atoms with Gasteiger partial charge in [-0.1, -0.05) is 43.7 Å². The van der Waals surface area contributed by atoms with Gasteiger partial charge in [0.1, 0.15) is 0 Å². The minimum atomic E-state index is -0.377. The van der Waals surface area contributed by atoms with Crippen LogP contribution in [0.1, 0.15) is 32.3 Å². The number of rotatable bonds is 6. The Labute approximate surface area is 103 Å². The van der Waals surface area contributed by atoms with Gasteiger partial charge in [0.2, 0.25) is 5.91 Å². The Hall–Kier alpha value is -1.35. The Kier molecular flexibility index (Phi) is 5.70. The molecule has 94 valence electrons. The lowest BCUT2D eigenvalue weighted by atomic mass is 10.1. The van der Waals surface area contributed by atoms with E-state index in [-0.39, 0.29) is 18.0 Å². The second kappa shape index (κ2) is 7.07. The van der Waals surface area contributed by atoms with Crippen molar-refractivity contribution in [3.63, 3.8) is 0 Å². The van der Waals surface area contributed by atoms with Gasteiger partial charge >= 0.3 is 0 Å². The first-order valence-corrected chi connectivity index (χ1v) is 6.23. The van der Waals surface area contributed by atoms with Crippen LogP contribution in [-0.4, -0.2) is 18.0 Å². The van der Waals surface area contributed by atoms with Crippen molar-refractivity contribution in [2.24, 2.45) is 5.73 Å². The molecule has 3 nitrogen and oxygen atoms in total. The van der Waals surface area contributed by atoms with Crippen LogP contribution < -0.4 is 11.1 Å². The SMILES string of the molecule is CCC[C@@H](N)C(=O)NC(C)Cc1ccccc1. The quantitative estimate of drug-likeness (QED) is 0.789. The zero-order valence-corrected chi connectivity index (χ0v) is 10.6. The normalized spacial score (nSPS) is 14.1. The minimum absolute atomic E-state index is 0.0460. The van der Waals surface area contributed by atoms with Crippen molar-refractivity contribution in [2.75, 3.05) is 0 Å². The number of nitrogens with one attached hydrogen (secondary N) is 1. The summed E-state index contributed by atoms with van der Waals surface area (Å²) in [5.74, 6) is -0.0460. The molecule has 0 spiro atoms. The van der Waals surface area contributed by atoms with Gasteiger partial charge in [0.25, 0.3) is 0 Å². The molecule has 0 aliphatic heterocycles. The Morgan fingerprint density at radius 3 is 2.59 bits per heavy atom. The van der Waals surface area contributed by atoms with E-state index < -0.39 is 0 Å². The maximum atomic E-state index is 11.7. The maximum Gasteiger partial charge on any atom is 0.237 e. The fourth-order valence-electron chi connectivity index (χ4n) is 1.81. The molecule has 0 radical (unpaired) electrons. The molecule has 1 aromatic carbocycles. The highest BCUT2D eigenvalue weighted by atomic mass is 16.2. The topological polar surface area (TPSA) is 55.1 Å². The summed E-state index contributed by atoms with van der Waals surface area (Å²) >= 11 is 0. The summed E-state index contributed by atoms with van der Waals surface area (Å²) in [6.07, 6.45) is 2.51. The molecule has 0 aliphatic rings. The molecule has 1 aromatic rings. The van der Waals surface area contributed by atoms with Gasteiger partial charge in [0, 0.05) is 6.04 Å². The molecular weight excluding hydrogens is 212 g/mol. The van der Waals surface area contributed by atoms with Crippen LogP contribution in [0.25, 0.3) is 0 Å². The molecule has 0 aliphatic carbocycles. The zero-order valence-electron chi connectivity index (χ0n) is 10.6. The van der Waals surface area contributed by atoms with Crippen LogP contribution in [0.2, 0.25) is 0 Å². The van der Waals surface area contributed by atoms with E-state index in [1.54, 1.807) is 0 Å². The second-order valence-electron chi connectivity index (χ2n) is 4.49. The third kappa shape index (κ3) is 5.00. The highest BCUT2D eigenvalue weighted by Gasteiger charge is 2.14. The minimum Gasteiger partial charge on any atom is -0.352 e. The monoisotopic (exact) mass is 234 g/mol. The summed E-state index contributed by atoms with van der Waals surface area (Å²) in [5.41, 5.74) is 6.98. The van der Waals surface area contributed by atoms with Crippen molar-refractivity contribution in [3.8, 4) is 0 Å². The van der Waals surface area contributed by atoms with Crippen LogP contribution in [0.15, 0.2) is 30.3 Å². The van der Waals surface area contributed by atoms with Crippen molar-refractivity contribution >= 4 is 5.91 Å². The standard InChI is InChI=1S/C14H22N2O/c1-3-7-13(15)14(17)16-11(2)10-12-8-5-4-6-9-12/h4-6,8-9,11,13H,3,7,10,15H2,1-2H3,(H,16,17)/t11?,13-/m1/s1. The van der Waals surface area contributed by atoms with Gasteiger partial charge in [-0.15, -0.1) is 0 Å². The molecule has 1 unspecified atom stereocenters. The Balaban J connectivity index is 2.39. The summed E-state index contributed by atoms with van der Waals surface area (Å²) in [6, 6.07) is 9.87. The van der Waals surface area contributed by atoms with Crippen LogP contribution in [0, 0.1) is 0 Å². The van der Waals surface area contributed by atoms with Gasteiger partial charge in [-0.05, 0) is 25.3 Å². The molecule has 17 heavy (non-hydrogen) atoms. The smallest absolute Gasteiger partial charge is 0.237 e. The van der Waals surface area contributed by atoms with Crippen LogP contribution in [-0.2, 0) is 11.2 Å². The number of hydrogen-bond donors (Lipinski definition) is 2. The van der Waals surface area contributed by atoms with E-state index in [4.69, 9.17) is 5.73 Å². The summed E-state index contributed by atoms with van der Waals surface area (Å²) in [6.45, 7) is 4.03. The van der Waals surface area contributed by atoms with Crippen molar-refractivity contribution in [1.29, 1.82) is 0 Å². The number of amides is 1. The lowest BCUT2D eigenvalue weighted by molar-refractivity contribution is -0.123. The van der Waals surface area contributed by atoms with Gasteiger partial charge in [0.05, 0.1) is 6.04 Å². The van der Waals surface area contributed by atoms with Crippen molar-refractivity contribution in [1.82, 2.24) is 5.32 Å². The molecule has 1 rings (SSSR count).